The molecular weight excluding hydrogens is 230 g/mol. The first-order valence-corrected chi connectivity index (χ1v) is 5.90. The number of pyridine rings is 1. The minimum atomic E-state index is 0.0284. The van der Waals surface area contributed by atoms with Crippen LogP contribution in [0, 0.1) is 0 Å². The Hall–Kier alpha value is -1.66. The van der Waals surface area contributed by atoms with Gasteiger partial charge in [-0.3, -0.25) is 9.69 Å². The smallest absolute Gasteiger partial charge is 0.234 e. The van der Waals surface area contributed by atoms with E-state index in [2.05, 4.69) is 15.7 Å². The van der Waals surface area contributed by atoms with E-state index in [0.29, 0.717) is 18.9 Å². The van der Waals surface area contributed by atoms with E-state index in [1.807, 2.05) is 31.9 Å². The molecule has 1 heterocycles. The first kappa shape index (κ1) is 14.4. The van der Waals surface area contributed by atoms with Crippen LogP contribution in [-0.4, -0.2) is 35.4 Å². The maximum atomic E-state index is 11.6. The molecule has 100 valence electrons. The van der Waals surface area contributed by atoms with Gasteiger partial charge in [0.05, 0.1) is 6.54 Å². The fourth-order valence-electron chi connectivity index (χ4n) is 1.58. The number of nitrogens with zero attached hydrogens (tertiary/aromatic N) is 2. The minimum absolute atomic E-state index is 0.0284. The van der Waals surface area contributed by atoms with Gasteiger partial charge in [-0.15, -0.1) is 0 Å². The highest BCUT2D eigenvalue weighted by Crippen LogP contribution is 2.05. The van der Waals surface area contributed by atoms with Gasteiger partial charge < -0.3 is 10.7 Å². The van der Waals surface area contributed by atoms with Crippen LogP contribution < -0.4 is 16.6 Å². The van der Waals surface area contributed by atoms with Crippen LogP contribution in [0.15, 0.2) is 18.3 Å². The summed E-state index contributed by atoms with van der Waals surface area (Å²) in [4.78, 5) is 17.6. The van der Waals surface area contributed by atoms with Gasteiger partial charge in [-0.05, 0) is 32.5 Å². The molecule has 0 saturated heterocycles. The highest BCUT2D eigenvalue weighted by Gasteiger charge is 2.08. The van der Waals surface area contributed by atoms with E-state index in [9.17, 15) is 4.79 Å². The Bertz CT molecular complexity index is 377. The van der Waals surface area contributed by atoms with Crippen LogP contribution in [0.4, 0.5) is 5.82 Å². The molecule has 18 heavy (non-hydrogen) atoms. The van der Waals surface area contributed by atoms with Crippen LogP contribution in [0.2, 0.25) is 0 Å². The first-order valence-electron chi connectivity index (χ1n) is 5.90. The van der Waals surface area contributed by atoms with Crippen molar-refractivity contribution in [1.82, 2.24) is 15.2 Å². The molecule has 0 bridgehead atoms. The maximum Gasteiger partial charge on any atom is 0.234 e. The monoisotopic (exact) mass is 251 g/mol. The SMILES string of the molecule is CC(C)NC(=O)CN(C)Cc1ccc(NN)nc1. The van der Waals surface area contributed by atoms with E-state index in [1.54, 1.807) is 12.3 Å². The third kappa shape index (κ3) is 5.11. The number of amides is 1. The van der Waals surface area contributed by atoms with Crippen molar-refractivity contribution in [3.8, 4) is 0 Å². The Labute approximate surface area is 108 Å². The van der Waals surface area contributed by atoms with Crippen molar-refractivity contribution in [2.45, 2.75) is 26.4 Å². The first-order chi connectivity index (χ1) is 8.51. The fraction of sp³-hybridized carbons (Fsp3) is 0.500. The van der Waals surface area contributed by atoms with Gasteiger partial charge >= 0.3 is 0 Å². The largest absolute Gasteiger partial charge is 0.353 e. The van der Waals surface area contributed by atoms with Crippen LogP contribution in [-0.2, 0) is 11.3 Å². The van der Waals surface area contributed by atoms with Crippen molar-refractivity contribution in [2.75, 3.05) is 19.0 Å². The summed E-state index contributed by atoms with van der Waals surface area (Å²) in [5.74, 6) is 5.89. The zero-order valence-corrected chi connectivity index (χ0v) is 11.1. The zero-order valence-electron chi connectivity index (χ0n) is 11.1. The van der Waals surface area contributed by atoms with Crippen molar-refractivity contribution < 1.29 is 4.79 Å². The van der Waals surface area contributed by atoms with E-state index in [4.69, 9.17) is 5.84 Å². The second-order valence-electron chi connectivity index (χ2n) is 4.59. The van der Waals surface area contributed by atoms with Crippen molar-refractivity contribution in [1.29, 1.82) is 0 Å². The summed E-state index contributed by atoms with van der Waals surface area (Å²) in [7, 11) is 1.90. The molecule has 0 spiro atoms. The summed E-state index contributed by atoms with van der Waals surface area (Å²) in [6, 6.07) is 3.90. The number of nitrogens with one attached hydrogen (secondary N) is 2. The number of anilines is 1. The number of nitrogen functional groups attached to an aromatic ring is 1. The van der Waals surface area contributed by atoms with E-state index in [-0.39, 0.29) is 11.9 Å². The van der Waals surface area contributed by atoms with Gasteiger partial charge in [0.15, 0.2) is 0 Å². The molecule has 1 amide bonds. The molecule has 0 aliphatic rings. The molecule has 1 aromatic rings. The number of carbonyl (C=O) groups excluding carboxylic acids is 1. The summed E-state index contributed by atoms with van der Waals surface area (Å²) < 4.78 is 0. The number of nitrogens with two attached hydrogens (primary N) is 1. The summed E-state index contributed by atoms with van der Waals surface area (Å²) in [6.07, 6.45) is 1.74. The van der Waals surface area contributed by atoms with E-state index in [0.717, 1.165) is 5.56 Å². The molecule has 0 atom stereocenters. The number of hydrogen-bond donors (Lipinski definition) is 3. The number of likely N-dealkylation sites (N-methyl/N-ethyl adjacent to an activating group) is 1. The zero-order chi connectivity index (χ0) is 13.5. The maximum absolute atomic E-state index is 11.6. The summed E-state index contributed by atoms with van der Waals surface area (Å²) in [5.41, 5.74) is 3.51. The normalized spacial score (nSPS) is 10.8. The second-order valence-corrected chi connectivity index (χ2v) is 4.59. The van der Waals surface area contributed by atoms with Gasteiger partial charge in [0, 0.05) is 18.8 Å². The molecule has 0 fully saturated rings. The van der Waals surface area contributed by atoms with Crippen LogP contribution in [0.1, 0.15) is 19.4 Å². The van der Waals surface area contributed by atoms with E-state index in [1.165, 1.54) is 0 Å². The molecule has 0 radical (unpaired) electrons. The average Bonchev–Trinajstić information content (AvgIpc) is 2.28. The van der Waals surface area contributed by atoms with Crippen molar-refractivity contribution in [2.24, 2.45) is 5.84 Å². The van der Waals surface area contributed by atoms with Crippen molar-refractivity contribution >= 4 is 11.7 Å². The molecule has 0 aliphatic heterocycles. The molecule has 4 N–H and O–H groups in total. The Balaban J connectivity index is 2.43. The number of rotatable bonds is 6. The molecule has 1 rings (SSSR count). The number of hydrazine groups is 1. The van der Waals surface area contributed by atoms with Crippen LogP contribution in [0.25, 0.3) is 0 Å². The van der Waals surface area contributed by atoms with Gasteiger partial charge in [-0.2, -0.15) is 0 Å². The highest BCUT2D eigenvalue weighted by atomic mass is 16.2. The van der Waals surface area contributed by atoms with E-state index < -0.39 is 0 Å². The van der Waals surface area contributed by atoms with Crippen LogP contribution >= 0.6 is 0 Å². The molecule has 6 heteroatoms. The Morgan fingerprint density at radius 2 is 2.22 bits per heavy atom. The summed E-state index contributed by atoms with van der Waals surface area (Å²) >= 11 is 0. The van der Waals surface area contributed by atoms with E-state index >= 15 is 0 Å². The number of hydrogen-bond acceptors (Lipinski definition) is 5. The topological polar surface area (TPSA) is 83.3 Å². The lowest BCUT2D eigenvalue weighted by Crippen LogP contribution is -2.38. The molecule has 1 aromatic heterocycles. The van der Waals surface area contributed by atoms with Gasteiger partial charge in [0.25, 0.3) is 0 Å². The molecule has 0 unspecified atom stereocenters. The van der Waals surface area contributed by atoms with Crippen LogP contribution in [0.5, 0.6) is 0 Å². The standard InChI is InChI=1S/C12H21N5O/c1-9(2)15-12(18)8-17(3)7-10-4-5-11(16-13)14-6-10/h4-6,9H,7-8,13H2,1-3H3,(H,14,16)(H,15,18). The molecule has 6 nitrogen and oxygen atoms in total. The molecular formula is C12H21N5O. The van der Waals surface area contributed by atoms with Gasteiger partial charge in [0.1, 0.15) is 5.82 Å². The number of carbonyl (C=O) groups is 1. The molecule has 0 aromatic carbocycles. The predicted octanol–water partition coefficient (Wildman–Crippen LogP) is 0.324. The van der Waals surface area contributed by atoms with Crippen molar-refractivity contribution in [3.63, 3.8) is 0 Å². The predicted molar refractivity (Wildman–Crippen MR) is 71.7 cm³/mol. The third-order valence-electron chi connectivity index (χ3n) is 2.29. The van der Waals surface area contributed by atoms with Gasteiger partial charge in [-0.1, -0.05) is 6.07 Å². The fourth-order valence-corrected chi connectivity index (χ4v) is 1.58. The quantitative estimate of drug-likeness (QED) is 0.501. The summed E-state index contributed by atoms with van der Waals surface area (Å²) in [6.45, 7) is 4.93. The van der Waals surface area contributed by atoms with Crippen molar-refractivity contribution in [3.05, 3.63) is 23.9 Å². The summed E-state index contributed by atoms with van der Waals surface area (Å²) in [5, 5.41) is 2.85. The Kier molecular flexibility index (Phi) is 5.54. The lowest BCUT2D eigenvalue weighted by molar-refractivity contribution is -0.122. The van der Waals surface area contributed by atoms with Crippen LogP contribution in [0.3, 0.4) is 0 Å². The van der Waals surface area contributed by atoms with Gasteiger partial charge in [-0.25, -0.2) is 10.8 Å². The lowest BCUT2D eigenvalue weighted by atomic mass is 10.2. The third-order valence-corrected chi connectivity index (χ3v) is 2.29. The number of aromatic nitrogens is 1. The molecule has 0 saturated carbocycles. The Morgan fingerprint density at radius 1 is 1.50 bits per heavy atom. The van der Waals surface area contributed by atoms with Gasteiger partial charge in [0.2, 0.25) is 5.91 Å². The minimum Gasteiger partial charge on any atom is -0.353 e. The molecule has 0 aliphatic carbocycles. The second kappa shape index (κ2) is 6.93. The Morgan fingerprint density at radius 3 is 2.72 bits per heavy atom. The lowest BCUT2D eigenvalue weighted by Gasteiger charge is -2.17. The average molecular weight is 251 g/mol. The highest BCUT2D eigenvalue weighted by molar-refractivity contribution is 5.78.